The zero-order valence-corrected chi connectivity index (χ0v) is 15.5. The number of halogens is 1. The van der Waals surface area contributed by atoms with E-state index in [0.717, 1.165) is 27.6 Å². The van der Waals surface area contributed by atoms with Crippen molar-refractivity contribution in [2.24, 2.45) is 0 Å². The summed E-state index contributed by atoms with van der Waals surface area (Å²) in [6, 6.07) is 13.3. The minimum absolute atomic E-state index is 0.428. The van der Waals surface area contributed by atoms with Crippen LogP contribution in [0.5, 0.6) is 0 Å². The average molecular weight is 412 g/mol. The summed E-state index contributed by atoms with van der Waals surface area (Å²) in [6.45, 7) is 1.93. The first-order chi connectivity index (χ1) is 11.2. The molecule has 0 amide bonds. The third-order valence-corrected chi connectivity index (χ3v) is 5.06. The van der Waals surface area contributed by atoms with E-state index in [1.165, 1.54) is 0 Å². The molecule has 0 aliphatic heterocycles. The molecule has 24 heavy (non-hydrogen) atoms. The number of aliphatic carboxylic acids is 1. The van der Waals surface area contributed by atoms with Crippen LogP contribution in [-0.4, -0.2) is 25.2 Å². The van der Waals surface area contributed by atoms with E-state index in [1.807, 2.05) is 37.3 Å². The maximum Gasteiger partial charge on any atom is 0.320 e. The number of rotatable bonds is 7. The third-order valence-electron chi connectivity index (χ3n) is 3.41. The number of sulfonamides is 1. The summed E-state index contributed by atoms with van der Waals surface area (Å²) < 4.78 is 27.1. The highest BCUT2D eigenvalue weighted by molar-refractivity contribution is 9.10. The van der Waals surface area contributed by atoms with Crippen molar-refractivity contribution in [3.05, 3.63) is 63.6 Å². The molecule has 0 aromatic heterocycles. The molecule has 0 saturated carbocycles. The Morgan fingerprint density at radius 2 is 1.92 bits per heavy atom. The molecule has 0 aliphatic rings. The molecule has 0 saturated heterocycles. The van der Waals surface area contributed by atoms with Crippen LogP contribution in [0.25, 0.3) is 0 Å². The molecule has 0 atom stereocenters. The highest BCUT2D eigenvalue weighted by Crippen LogP contribution is 2.22. The Morgan fingerprint density at radius 3 is 2.58 bits per heavy atom. The van der Waals surface area contributed by atoms with E-state index in [0.29, 0.717) is 12.1 Å². The lowest BCUT2D eigenvalue weighted by Crippen LogP contribution is -2.23. The highest BCUT2D eigenvalue weighted by atomic mass is 79.9. The number of benzene rings is 2. The van der Waals surface area contributed by atoms with Gasteiger partial charge in [-0.1, -0.05) is 45.8 Å². The molecule has 0 radical (unpaired) electrons. The van der Waals surface area contributed by atoms with Crippen molar-refractivity contribution in [3.8, 4) is 0 Å². The lowest BCUT2D eigenvalue weighted by Gasteiger charge is -2.13. The number of carbonyl (C=O) groups is 1. The summed E-state index contributed by atoms with van der Waals surface area (Å²) in [5, 5.41) is 8.69. The zero-order valence-electron chi connectivity index (χ0n) is 13.1. The van der Waals surface area contributed by atoms with Gasteiger partial charge in [-0.15, -0.1) is 0 Å². The van der Waals surface area contributed by atoms with Gasteiger partial charge in [0.1, 0.15) is 0 Å². The van der Waals surface area contributed by atoms with Gasteiger partial charge in [-0.25, -0.2) is 8.42 Å². The minimum Gasteiger partial charge on any atom is -0.480 e. The van der Waals surface area contributed by atoms with Gasteiger partial charge in [-0.2, -0.15) is 0 Å². The molecule has 0 heterocycles. The molecule has 2 rings (SSSR count). The number of aryl methyl sites for hydroxylation is 3. The van der Waals surface area contributed by atoms with Crippen molar-refractivity contribution in [1.29, 1.82) is 0 Å². The first-order valence-electron chi connectivity index (χ1n) is 7.31. The van der Waals surface area contributed by atoms with Gasteiger partial charge in [-0.3, -0.25) is 9.52 Å². The molecule has 0 aliphatic carbocycles. The Balaban J connectivity index is 2.20. The third kappa shape index (κ3) is 5.65. The molecule has 7 heteroatoms. The maximum absolute atomic E-state index is 11.9. The summed E-state index contributed by atoms with van der Waals surface area (Å²) in [5.41, 5.74) is 3.41. The van der Waals surface area contributed by atoms with Crippen LogP contribution < -0.4 is 4.72 Å². The zero-order chi connectivity index (χ0) is 17.7. The van der Waals surface area contributed by atoms with Crippen LogP contribution in [0.1, 0.15) is 16.7 Å². The fourth-order valence-electron chi connectivity index (χ4n) is 2.37. The van der Waals surface area contributed by atoms with E-state index in [4.69, 9.17) is 5.11 Å². The maximum atomic E-state index is 11.9. The van der Waals surface area contributed by atoms with Crippen molar-refractivity contribution >= 4 is 37.6 Å². The lowest BCUT2D eigenvalue weighted by molar-refractivity contribution is -0.134. The molecule has 128 valence electrons. The van der Waals surface area contributed by atoms with Gasteiger partial charge in [-0.05, 0) is 49.1 Å². The van der Waals surface area contributed by atoms with Crippen LogP contribution in [0.4, 0.5) is 5.69 Å². The first-order valence-corrected chi connectivity index (χ1v) is 9.76. The Labute approximate surface area is 149 Å². The predicted octanol–water partition coefficient (Wildman–Crippen LogP) is 3.37. The molecule has 0 unspecified atom stereocenters. The number of anilines is 1. The van der Waals surface area contributed by atoms with Crippen LogP contribution in [0.3, 0.4) is 0 Å². The molecule has 2 N–H and O–H groups in total. The molecule has 0 bridgehead atoms. The van der Waals surface area contributed by atoms with E-state index in [2.05, 4.69) is 20.7 Å². The second kappa shape index (κ2) is 7.81. The number of hydrogen-bond acceptors (Lipinski definition) is 3. The molecular weight excluding hydrogens is 394 g/mol. The first kappa shape index (κ1) is 18.5. The summed E-state index contributed by atoms with van der Waals surface area (Å²) >= 11 is 3.43. The highest BCUT2D eigenvalue weighted by Gasteiger charge is 2.17. The second-order valence-electron chi connectivity index (χ2n) is 5.55. The number of carboxylic acid groups (broad SMARTS) is 1. The quantitative estimate of drug-likeness (QED) is 0.731. The smallest absolute Gasteiger partial charge is 0.320 e. The normalized spacial score (nSPS) is 11.2. The lowest BCUT2D eigenvalue weighted by atomic mass is 10.0. The largest absolute Gasteiger partial charge is 0.480 e. The van der Waals surface area contributed by atoms with Crippen molar-refractivity contribution < 1.29 is 18.3 Å². The molecule has 2 aromatic rings. The predicted molar refractivity (Wildman–Crippen MR) is 97.8 cm³/mol. The monoisotopic (exact) mass is 411 g/mol. The number of nitrogens with one attached hydrogen (secondary N) is 1. The van der Waals surface area contributed by atoms with E-state index in [9.17, 15) is 13.2 Å². The van der Waals surface area contributed by atoms with Crippen molar-refractivity contribution in [2.75, 3.05) is 10.5 Å². The van der Waals surface area contributed by atoms with Crippen molar-refractivity contribution in [2.45, 2.75) is 19.8 Å². The van der Waals surface area contributed by atoms with E-state index < -0.39 is 21.7 Å². The SMILES string of the molecule is Cc1ccc(NS(=O)(=O)CC(=O)O)c(CCc2cccc(Br)c2)c1. The van der Waals surface area contributed by atoms with Crippen LogP contribution in [-0.2, 0) is 27.7 Å². The van der Waals surface area contributed by atoms with Crippen LogP contribution in [0.2, 0.25) is 0 Å². The Bertz CT molecular complexity index is 849. The van der Waals surface area contributed by atoms with Gasteiger partial charge < -0.3 is 5.11 Å². The fraction of sp³-hybridized carbons (Fsp3) is 0.235. The summed E-state index contributed by atoms with van der Waals surface area (Å²) in [5.74, 6) is -2.34. The van der Waals surface area contributed by atoms with Gasteiger partial charge in [0.05, 0.1) is 5.69 Å². The van der Waals surface area contributed by atoms with Crippen molar-refractivity contribution in [1.82, 2.24) is 0 Å². The van der Waals surface area contributed by atoms with E-state index in [1.54, 1.807) is 12.1 Å². The fourth-order valence-corrected chi connectivity index (χ4v) is 3.74. The van der Waals surface area contributed by atoms with Gasteiger partial charge in [0.15, 0.2) is 5.75 Å². The van der Waals surface area contributed by atoms with Crippen LogP contribution >= 0.6 is 15.9 Å². The van der Waals surface area contributed by atoms with Gasteiger partial charge in [0.25, 0.3) is 0 Å². The van der Waals surface area contributed by atoms with Crippen LogP contribution in [0, 0.1) is 6.92 Å². The average Bonchev–Trinajstić information content (AvgIpc) is 2.46. The Hall–Kier alpha value is -1.86. The Kier molecular flexibility index (Phi) is 6.01. The second-order valence-corrected chi connectivity index (χ2v) is 8.18. The topological polar surface area (TPSA) is 83.5 Å². The molecule has 0 fully saturated rings. The molecule has 0 spiro atoms. The van der Waals surface area contributed by atoms with Gasteiger partial charge in [0.2, 0.25) is 10.0 Å². The van der Waals surface area contributed by atoms with E-state index >= 15 is 0 Å². The summed E-state index contributed by atoms with van der Waals surface area (Å²) in [4.78, 5) is 10.7. The molecule has 2 aromatic carbocycles. The standard InChI is InChI=1S/C17H18BrNO4S/c1-12-5-8-16(19-24(22,23)11-17(20)21)14(9-12)7-6-13-3-2-4-15(18)10-13/h2-5,8-10,19H,6-7,11H2,1H3,(H,20,21). The van der Waals surface area contributed by atoms with Gasteiger partial charge in [0, 0.05) is 4.47 Å². The Morgan fingerprint density at radius 1 is 1.17 bits per heavy atom. The molecular formula is C17H18BrNO4S. The van der Waals surface area contributed by atoms with Crippen molar-refractivity contribution in [3.63, 3.8) is 0 Å². The number of carboxylic acids is 1. The summed E-state index contributed by atoms with van der Waals surface area (Å²) in [6.07, 6.45) is 1.39. The van der Waals surface area contributed by atoms with Gasteiger partial charge >= 0.3 is 5.97 Å². The number of hydrogen-bond donors (Lipinski definition) is 2. The van der Waals surface area contributed by atoms with Crippen LogP contribution in [0.15, 0.2) is 46.9 Å². The molecule has 5 nitrogen and oxygen atoms in total. The van der Waals surface area contributed by atoms with E-state index in [-0.39, 0.29) is 0 Å². The minimum atomic E-state index is -3.92. The summed E-state index contributed by atoms with van der Waals surface area (Å²) in [7, 11) is -3.92.